The Hall–Kier alpha value is -0.970. The van der Waals surface area contributed by atoms with Crippen molar-refractivity contribution in [3.05, 3.63) is 10.6 Å². The molecule has 5 heteroatoms. The van der Waals surface area contributed by atoms with Gasteiger partial charge in [-0.15, -0.1) is 11.8 Å². The largest absolute Gasteiger partial charge is 0.477 e. The number of amides is 1. The second-order valence-corrected chi connectivity index (χ2v) is 5.25. The van der Waals surface area contributed by atoms with Gasteiger partial charge in [0, 0.05) is 4.91 Å². The third-order valence-electron chi connectivity index (χ3n) is 3.04. The minimum absolute atomic E-state index is 0.0137. The summed E-state index contributed by atoms with van der Waals surface area (Å²) in [6, 6.07) is 0. The summed E-state index contributed by atoms with van der Waals surface area (Å²) in [7, 11) is 0. The molecule has 0 aliphatic carbocycles. The number of thioether (sulfide) groups is 1. The Morgan fingerprint density at radius 3 is 2.69 bits per heavy atom. The molecule has 16 heavy (non-hydrogen) atoms. The summed E-state index contributed by atoms with van der Waals surface area (Å²) >= 11 is 1.55. The van der Waals surface area contributed by atoms with Crippen LogP contribution in [0, 0.1) is 5.92 Å². The lowest BCUT2D eigenvalue weighted by Crippen LogP contribution is -2.57. The number of fused-ring (bicyclic) bond motifs is 1. The summed E-state index contributed by atoms with van der Waals surface area (Å²) in [6.07, 6.45) is 2.51. The van der Waals surface area contributed by atoms with Crippen LogP contribution < -0.4 is 0 Å². The van der Waals surface area contributed by atoms with Gasteiger partial charge in [0.2, 0.25) is 5.91 Å². The van der Waals surface area contributed by atoms with E-state index in [-0.39, 0.29) is 22.9 Å². The number of carbonyl (C=O) groups is 2. The molecular formula is C11H15NO3S. The van der Waals surface area contributed by atoms with Gasteiger partial charge in [-0.1, -0.05) is 20.3 Å². The lowest BCUT2D eigenvalue weighted by atomic mass is 9.92. The number of aliphatic carboxylic acids is 1. The van der Waals surface area contributed by atoms with Gasteiger partial charge in [-0.3, -0.25) is 9.69 Å². The Morgan fingerprint density at radius 1 is 1.50 bits per heavy atom. The molecule has 88 valence electrons. The van der Waals surface area contributed by atoms with Crippen molar-refractivity contribution in [3.8, 4) is 0 Å². The first-order valence-electron chi connectivity index (χ1n) is 5.58. The van der Waals surface area contributed by atoms with Crippen LogP contribution in [-0.4, -0.2) is 27.3 Å². The summed E-state index contributed by atoms with van der Waals surface area (Å²) in [5.41, 5.74) is 0.217. The van der Waals surface area contributed by atoms with E-state index in [9.17, 15) is 9.59 Å². The minimum atomic E-state index is -0.977. The van der Waals surface area contributed by atoms with Crippen molar-refractivity contribution in [2.24, 2.45) is 5.92 Å². The molecule has 2 heterocycles. The molecule has 4 nitrogen and oxygen atoms in total. The molecule has 1 fully saturated rings. The van der Waals surface area contributed by atoms with Gasteiger partial charge in [-0.05, 0) is 12.8 Å². The van der Waals surface area contributed by atoms with Crippen molar-refractivity contribution in [3.63, 3.8) is 0 Å². The van der Waals surface area contributed by atoms with E-state index in [1.165, 1.54) is 4.90 Å². The average Bonchev–Trinajstić information content (AvgIpc) is 2.61. The topological polar surface area (TPSA) is 57.6 Å². The molecular weight excluding hydrogens is 226 g/mol. The Morgan fingerprint density at radius 2 is 2.19 bits per heavy atom. The highest BCUT2D eigenvalue weighted by Gasteiger charge is 2.54. The number of β-lactam (4-membered cyclic amide) rings is 1. The average molecular weight is 241 g/mol. The summed E-state index contributed by atoms with van der Waals surface area (Å²) in [6.45, 7) is 3.97. The molecule has 1 N–H and O–H groups in total. The van der Waals surface area contributed by atoms with Gasteiger partial charge in [0.1, 0.15) is 5.70 Å². The molecule has 2 aliphatic heterocycles. The van der Waals surface area contributed by atoms with Crippen LogP contribution in [0.2, 0.25) is 0 Å². The highest BCUT2D eigenvalue weighted by molar-refractivity contribution is 8.04. The van der Waals surface area contributed by atoms with Crippen LogP contribution in [0.1, 0.15) is 33.1 Å². The van der Waals surface area contributed by atoms with E-state index in [1.54, 1.807) is 11.8 Å². The molecule has 2 aliphatic rings. The zero-order chi connectivity index (χ0) is 11.9. The number of hydrogen-bond donors (Lipinski definition) is 1. The Bertz CT molecular complexity index is 377. The van der Waals surface area contributed by atoms with E-state index in [4.69, 9.17) is 5.11 Å². The predicted octanol–water partition coefficient (Wildman–Crippen LogP) is 2.02. The van der Waals surface area contributed by atoms with Gasteiger partial charge >= 0.3 is 5.97 Å². The van der Waals surface area contributed by atoms with Crippen LogP contribution in [0.5, 0.6) is 0 Å². The predicted molar refractivity (Wildman–Crippen MR) is 61.6 cm³/mol. The van der Waals surface area contributed by atoms with E-state index < -0.39 is 5.97 Å². The zero-order valence-electron chi connectivity index (χ0n) is 9.40. The van der Waals surface area contributed by atoms with Crippen molar-refractivity contribution < 1.29 is 14.7 Å². The lowest BCUT2D eigenvalue weighted by Gasteiger charge is -2.42. The van der Waals surface area contributed by atoms with Crippen LogP contribution in [0.3, 0.4) is 0 Å². The monoisotopic (exact) mass is 241 g/mol. The van der Waals surface area contributed by atoms with E-state index in [2.05, 4.69) is 0 Å². The zero-order valence-corrected chi connectivity index (χ0v) is 10.2. The first-order chi connectivity index (χ1) is 7.61. The Balaban J connectivity index is 2.22. The highest BCUT2D eigenvalue weighted by Crippen LogP contribution is 2.51. The Kier molecular flexibility index (Phi) is 2.97. The first kappa shape index (κ1) is 11.5. The molecule has 0 radical (unpaired) electrons. The summed E-state index contributed by atoms with van der Waals surface area (Å²) in [4.78, 5) is 25.2. The smallest absolute Gasteiger partial charge is 0.353 e. The third kappa shape index (κ3) is 1.45. The fourth-order valence-corrected chi connectivity index (χ4v) is 3.77. The minimum Gasteiger partial charge on any atom is -0.477 e. The molecule has 2 atom stereocenters. The second-order valence-electron chi connectivity index (χ2n) is 4.04. The van der Waals surface area contributed by atoms with Gasteiger partial charge in [0.05, 0.1) is 11.3 Å². The Labute approximate surface area is 98.7 Å². The van der Waals surface area contributed by atoms with E-state index in [1.807, 2.05) is 13.8 Å². The number of rotatable bonds is 4. The number of carbonyl (C=O) groups excluding carboxylic acids is 1. The van der Waals surface area contributed by atoms with Crippen LogP contribution in [0.15, 0.2) is 10.6 Å². The maximum atomic E-state index is 11.8. The van der Waals surface area contributed by atoms with Crippen molar-refractivity contribution in [2.45, 2.75) is 38.5 Å². The molecule has 1 amide bonds. The van der Waals surface area contributed by atoms with E-state index in [0.717, 1.165) is 17.7 Å². The van der Waals surface area contributed by atoms with E-state index in [0.29, 0.717) is 6.42 Å². The molecule has 0 bridgehead atoms. The van der Waals surface area contributed by atoms with Gasteiger partial charge in [-0.2, -0.15) is 0 Å². The third-order valence-corrected chi connectivity index (χ3v) is 4.59. The summed E-state index contributed by atoms with van der Waals surface area (Å²) < 4.78 is 0. The maximum Gasteiger partial charge on any atom is 0.353 e. The number of hydrogen-bond acceptors (Lipinski definition) is 3. The standard InChI is InChI=1S/C11H15NO3S/c1-3-5-6-9(13)12-8(11(14)15)7(4-2)16-10(6)12/h6,10H,3-5H2,1-2H3,(H,14,15)/t6-,10+/m0/s1. The van der Waals surface area contributed by atoms with Crippen molar-refractivity contribution in [2.75, 3.05) is 0 Å². The number of allylic oxidation sites excluding steroid dienone is 1. The SMILES string of the molecule is CCC[C@H]1C(=O)N2C(C(=O)O)=C(CC)S[C@H]12. The fourth-order valence-electron chi connectivity index (χ4n) is 2.28. The van der Waals surface area contributed by atoms with Gasteiger partial charge in [-0.25, -0.2) is 4.79 Å². The van der Waals surface area contributed by atoms with Gasteiger partial charge in [0.25, 0.3) is 0 Å². The summed E-state index contributed by atoms with van der Waals surface area (Å²) in [5.74, 6) is -0.969. The van der Waals surface area contributed by atoms with Crippen LogP contribution in [0.4, 0.5) is 0 Å². The highest BCUT2D eigenvalue weighted by atomic mass is 32.2. The molecule has 0 saturated carbocycles. The number of carboxylic acid groups (broad SMARTS) is 1. The van der Waals surface area contributed by atoms with Crippen molar-refractivity contribution in [1.82, 2.24) is 4.90 Å². The molecule has 0 spiro atoms. The number of nitrogens with zero attached hydrogens (tertiary/aromatic N) is 1. The normalized spacial score (nSPS) is 28.1. The van der Waals surface area contributed by atoms with Gasteiger partial charge in [0.15, 0.2) is 0 Å². The lowest BCUT2D eigenvalue weighted by molar-refractivity contribution is -0.151. The molecule has 2 rings (SSSR count). The van der Waals surface area contributed by atoms with Crippen LogP contribution in [-0.2, 0) is 9.59 Å². The summed E-state index contributed by atoms with van der Waals surface area (Å²) in [5, 5.41) is 9.16. The number of carboxylic acids is 1. The quantitative estimate of drug-likeness (QED) is 0.765. The fraction of sp³-hybridized carbons (Fsp3) is 0.636. The molecule has 0 unspecified atom stereocenters. The molecule has 0 aromatic rings. The van der Waals surface area contributed by atoms with Crippen molar-refractivity contribution >= 4 is 23.6 Å². The van der Waals surface area contributed by atoms with Gasteiger partial charge < -0.3 is 5.11 Å². The van der Waals surface area contributed by atoms with Crippen LogP contribution >= 0.6 is 11.8 Å². The first-order valence-corrected chi connectivity index (χ1v) is 6.45. The maximum absolute atomic E-state index is 11.8. The van der Waals surface area contributed by atoms with E-state index >= 15 is 0 Å². The molecule has 0 aromatic heterocycles. The second kappa shape index (κ2) is 4.13. The molecule has 0 aromatic carbocycles. The van der Waals surface area contributed by atoms with Crippen molar-refractivity contribution in [1.29, 1.82) is 0 Å². The molecule has 1 saturated heterocycles. The van der Waals surface area contributed by atoms with Crippen LogP contribution in [0.25, 0.3) is 0 Å².